The zero-order valence-electron chi connectivity index (χ0n) is 27.8. The molecule has 1 aliphatic rings. The Hall–Kier alpha value is -5.00. The molecular weight excluding hydrogens is 600 g/mol. The van der Waals surface area contributed by atoms with Crippen LogP contribution in [0.4, 0.5) is 0 Å². The average molecular weight is 639 g/mol. The summed E-state index contributed by atoms with van der Waals surface area (Å²) in [7, 11) is 1.31. The van der Waals surface area contributed by atoms with Gasteiger partial charge in [-0.3, -0.25) is 28.8 Å². The molecule has 46 heavy (non-hydrogen) atoms. The van der Waals surface area contributed by atoms with E-state index in [1.165, 1.54) is 27.9 Å². The van der Waals surface area contributed by atoms with Gasteiger partial charge in [0.05, 0.1) is 12.7 Å². The van der Waals surface area contributed by atoms with Crippen LogP contribution < -0.4 is 28.4 Å². The summed E-state index contributed by atoms with van der Waals surface area (Å²) in [4.78, 5) is 76.5. The molecule has 1 heterocycles. The number of esters is 4. The van der Waals surface area contributed by atoms with Gasteiger partial charge in [-0.15, -0.1) is 0 Å². The first kappa shape index (κ1) is 35.5. The van der Waals surface area contributed by atoms with Gasteiger partial charge in [0.1, 0.15) is 34.0 Å². The molecule has 12 nitrogen and oxygen atoms in total. The average Bonchev–Trinajstić information content (AvgIpc) is 2.90. The second kappa shape index (κ2) is 13.6. The van der Waals surface area contributed by atoms with Crippen molar-refractivity contribution in [1.29, 1.82) is 0 Å². The quantitative estimate of drug-likeness (QED) is 0.183. The number of fused-ring (bicyclic) bond motifs is 1. The maximum Gasteiger partial charge on any atom is 0.308 e. The summed E-state index contributed by atoms with van der Waals surface area (Å²) in [5, 5.41) is 0. The van der Waals surface area contributed by atoms with E-state index in [-0.39, 0.29) is 74.3 Å². The molecular formula is C34H38O12. The van der Waals surface area contributed by atoms with Crippen LogP contribution in [0.15, 0.2) is 6.08 Å². The van der Waals surface area contributed by atoms with Crippen LogP contribution in [-0.2, 0) is 25.6 Å². The van der Waals surface area contributed by atoms with Crippen LogP contribution in [-0.4, -0.2) is 48.2 Å². The van der Waals surface area contributed by atoms with Crippen molar-refractivity contribution in [3.05, 3.63) is 39.5 Å². The minimum absolute atomic E-state index is 0.0157. The maximum absolute atomic E-state index is 13.9. The summed E-state index contributed by atoms with van der Waals surface area (Å²) in [6.07, 6.45) is 2.97. The van der Waals surface area contributed by atoms with Gasteiger partial charge in [-0.05, 0) is 39.8 Å². The SMILES string of the molecule is COc1c(C)c(OC(C)=O)c(C(C)=O)c(OC(C)=O)c1Cc1c(OC(C)=O)c2c(c(C(=O)C(C)C)c1OC(C)=O)OC(C)(C)C=C2. The van der Waals surface area contributed by atoms with Crippen LogP contribution in [0.5, 0.6) is 34.5 Å². The topological polar surface area (TPSA) is 158 Å². The van der Waals surface area contributed by atoms with E-state index in [4.69, 9.17) is 28.4 Å². The van der Waals surface area contributed by atoms with E-state index in [0.717, 1.165) is 20.8 Å². The molecule has 246 valence electrons. The van der Waals surface area contributed by atoms with E-state index in [0.29, 0.717) is 0 Å². The predicted molar refractivity (Wildman–Crippen MR) is 165 cm³/mol. The van der Waals surface area contributed by atoms with Crippen molar-refractivity contribution < 1.29 is 57.2 Å². The highest BCUT2D eigenvalue weighted by atomic mass is 16.6. The molecule has 0 N–H and O–H groups in total. The number of carbonyl (C=O) groups excluding carboxylic acids is 6. The van der Waals surface area contributed by atoms with Gasteiger partial charge in [-0.1, -0.05) is 13.8 Å². The normalized spacial score (nSPS) is 12.9. The first-order valence-electron chi connectivity index (χ1n) is 14.4. The third-order valence-corrected chi connectivity index (χ3v) is 6.86. The summed E-state index contributed by atoms with van der Waals surface area (Å²) < 4.78 is 34.4. The van der Waals surface area contributed by atoms with Crippen LogP contribution in [0, 0.1) is 12.8 Å². The van der Waals surface area contributed by atoms with Crippen molar-refractivity contribution in [1.82, 2.24) is 0 Å². The summed E-state index contributed by atoms with van der Waals surface area (Å²) >= 11 is 0. The number of benzene rings is 2. The molecule has 0 saturated heterocycles. The van der Waals surface area contributed by atoms with Crippen molar-refractivity contribution in [2.24, 2.45) is 5.92 Å². The second-order valence-corrected chi connectivity index (χ2v) is 11.6. The Morgan fingerprint density at radius 1 is 0.717 bits per heavy atom. The van der Waals surface area contributed by atoms with Gasteiger partial charge in [0.25, 0.3) is 0 Å². The van der Waals surface area contributed by atoms with Gasteiger partial charge in [0, 0.05) is 56.7 Å². The lowest BCUT2D eigenvalue weighted by molar-refractivity contribution is -0.133. The van der Waals surface area contributed by atoms with Crippen molar-refractivity contribution in [3.8, 4) is 34.5 Å². The largest absolute Gasteiger partial charge is 0.496 e. The molecule has 2 aromatic rings. The fraction of sp³-hybridized carbons (Fsp3) is 0.412. The zero-order valence-corrected chi connectivity index (χ0v) is 27.8. The van der Waals surface area contributed by atoms with E-state index in [1.807, 2.05) is 0 Å². The van der Waals surface area contributed by atoms with Gasteiger partial charge >= 0.3 is 23.9 Å². The molecule has 0 radical (unpaired) electrons. The Morgan fingerprint density at radius 3 is 1.63 bits per heavy atom. The first-order chi connectivity index (χ1) is 21.3. The monoisotopic (exact) mass is 638 g/mol. The molecule has 2 aromatic carbocycles. The van der Waals surface area contributed by atoms with Crippen LogP contribution in [0.25, 0.3) is 6.08 Å². The fourth-order valence-corrected chi connectivity index (χ4v) is 5.12. The number of ketones is 2. The lowest BCUT2D eigenvalue weighted by Crippen LogP contribution is -2.30. The van der Waals surface area contributed by atoms with Gasteiger partial charge < -0.3 is 28.4 Å². The molecule has 0 atom stereocenters. The number of hydrogen-bond donors (Lipinski definition) is 0. The van der Waals surface area contributed by atoms with Crippen LogP contribution in [0.2, 0.25) is 0 Å². The predicted octanol–water partition coefficient (Wildman–Crippen LogP) is 5.52. The van der Waals surface area contributed by atoms with E-state index in [9.17, 15) is 28.8 Å². The number of ether oxygens (including phenoxy) is 6. The molecule has 0 spiro atoms. The number of carbonyl (C=O) groups is 6. The van der Waals surface area contributed by atoms with Gasteiger partial charge in [-0.25, -0.2) is 0 Å². The minimum Gasteiger partial charge on any atom is -0.496 e. The maximum atomic E-state index is 13.9. The fourth-order valence-electron chi connectivity index (χ4n) is 5.12. The van der Waals surface area contributed by atoms with Crippen LogP contribution in [0.3, 0.4) is 0 Å². The molecule has 0 bridgehead atoms. The van der Waals surface area contributed by atoms with E-state index in [2.05, 4.69) is 0 Å². The molecule has 0 aromatic heterocycles. The Labute approximate surface area is 266 Å². The Bertz CT molecular complexity index is 1690. The van der Waals surface area contributed by atoms with E-state index in [1.54, 1.807) is 39.8 Å². The zero-order chi connectivity index (χ0) is 34.8. The highest BCUT2D eigenvalue weighted by molar-refractivity contribution is 6.06. The van der Waals surface area contributed by atoms with Gasteiger partial charge in [-0.2, -0.15) is 0 Å². The van der Waals surface area contributed by atoms with Crippen molar-refractivity contribution >= 4 is 41.5 Å². The third kappa shape index (κ3) is 7.27. The molecule has 0 saturated carbocycles. The first-order valence-corrected chi connectivity index (χ1v) is 14.4. The summed E-state index contributed by atoms with van der Waals surface area (Å²) in [6.45, 7) is 14.1. The smallest absolute Gasteiger partial charge is 0.308 e. The highest BCUT2D eigenvalue weighted by Crippen LogP contribution is 2.52. The lowest BCUT2D eigenvalue weighted by Gasteiger charge is -2.32. The molecule has 0 amide bonds. The summed E-state index contributed by atoms with van der Waals surface area (Å²) in [6, 6.07) is 0. The van der Waals surface area contributed by atoms with Crippen LogP contribution in [0.1, 0.15) is 105 Å². The van der Waals surface area contributed by atoms with Crippen LogP contribution >= 0.6 is 0 Å². The number of rotatable bonds is 10. The number of hydrogen-bond acceptors (Lipinski definition) is 12. The van der Waals surface area contributed by atoms with Crippen molar-refractivity contribution in [2.75, 3.05) is 7.11 Å². The lowest BCUT2D eigenvalue weighted by atomic mass is 9.87. The second-order valence-electron chi connectivity index (χ2n) is 11.6. The Kier molecular flexibility index (Phi) is 10.5. The van der Waals surface area contributed by atoms with Gasteiger partial charge in [0.15, 0.2) is 28.8 Å². The third-order valence-electron chi connectivity index (χ3n) is 6.86. The van der Waals surface area contributed by atoms with E-state index < -0.39 is 47.0 Å². The molecule has 0 aliphatic carbocycles. The molecule has 0 unspecified atom stereocenters. The minimum atomic E-state index is -0.896. The Balaban J connectivity index is 2.66. The Morgan fingerprint density at radius 2 is 1.17 bits per heavy atom. The number of methoxy groups -OCH3 is 1. The molecule has 1 aliphatic heterocycles. The molecule has 12 heteroatoms. The molecule has 3 rings (SSSR count). The standard InChI is InChI=1S/C34H38O12/c1-15(2)27(40)26-32(45-21(8)39)24(30(43-19(6)37)22-12-13-34(9,10)46-33(22)26)14-23-28(41-11)16(3)29(42-18(5)36)25(17(4)35)31(23)44-20(7)38/h12-13,15H,14H2,1-11H3. The number of Topliss-reactive ketones (excluding diaryl/α,β-unsaturated/α-hetero) is 2. The molecule has 0 fully saturated rings. The highest BCUT2D eigenvalue weighted by Gasteiger charge is 2.38. The van der Waals surface area contributed by atoms with E-state index >= 15 is 0 Å². The summed E-state index contributed by atoms with van der Waals surface area (Å²) in [5.74, 6) is -5.50. The summed E-state index contributed by atoms with van der Waals surface area (Å²) in [5.41, 5.74) is -0.688. The van der Waals surface area contributed by atoms with Gasteiger partial charge in [0.2, 0.25) is 0 Å². The van der Waals surface area contributed by atoms with Crippen molar-refractivity contribution in [3.63, 3.8) is 0 Å². The van der Waals surface area contributed by atoms with Crippen molar-refractivity contribution in [2.45, 2.75) is 81.3 Å².